The van der Waals surface area contributed by atoms with Crippen LogP contribution in [0.3, 0.4) is 0 Å². The van der Waals surface area contributed by atoms with Crippen molar-refractivity contribution >= 4 is 23.0 Å². The topological polar surface area (TPSA) is 123 Å². The van der Waals surface area contributed by atoms with E-state index in [1.807, 2.05) is 0 Å². The molecule has 0 saturated carbocycles. The molecule has 1 heterocycles. The van der Waals surface area contributed by atoms with Crippen LogP contribution < -0.4 is 16.6 Å². The summed E-state index contributed by atoms with van der Waals surface area (Å²) in [5.41, 5.74) is 2.33. The first-order valence-corrected chi connectivity index (χ1v) is 5.68. The van der Waals surface area contributed by atoms with Crippen molar-refractivity contribution in [2.45, 2.75) is 0 Å². The quantitative estimate of drug-likeness (QED) is 0.447. The SMILES string of the molecule is NNc1ccnc(C(=O)Nc2cc(F)cc([N+](=O)[O-])c2)c1. The Morgan fingerprint density at radius 1 is 1.29 bits per heavy atom. The van der Waals surface area contributed by atoms with Gasteiger partial charge in [-0.1, -0.05) is 0 Å². The molecule has 0 aliphatic rings. The van der Waals surface area contributed by atoms with Gasteiger partial charge in [-0.3, -0.25) is 25.7 Å². The van der Waals surface area contributed by atoms with Gasteiger partial charge < -0.3 is 10.7 Å². The number of carbonyl (C=O) groups is 1. The average Bonchev–Trinajstić information content (AvgIpc) is 2.46. The van der Waals surface area contributed by atoms with Crippen LogP contribution >= 0.6 is 0 Å². The molecular weight excluding hydrogens is 281 g/mol. The summed E-state index contributed by atoms with van der Waals surface area (Å²) in [7, 11) is 0. The van der Waals surface area contributed by atoms with Crippen molar-refractivity contribution in [2.75, 3.05) is 10.7 Å². The molecule has 4 N–H and O–H groups in total. The second-order valence-corrected chi connectivity index (χ2v) is 3.98. The van der Waals surface area contributed by atoms with E-state index >= 15 is 0 Å². The van der Waals surface area contributed by atoms with Crippen LogP contribution in [0.25, 0.3) is 0 Å². The normalized spacial score (nSPS) is 10.0. The first-order chi connectivity index (χ1) is 9.99. The fourth-order valence-corrected chi connectivity index (χ4v) is 1.59. The summed E-state index contributed by atoms with van der Waals surface area (Å²) in [5.74, 6) is 3.74. The summed E-state index contributed by atoms with van der Waals surface area (Å²) in [5, 5.41) is 13.0. The molecule has 0 fully saturated rings. The number of nitrogen functional groups attached to an aromatic ring is 1. The maximum atomic E-state index is 13.3. The van der Waals surface area contributed by atoms with Gasteiger partial charge in [0.25, 0.3) is 11.6 Å². The van der Waals surface area contributed by atoms with Crippen molar-refractivity contribution in [3.63, 3.8) is 0 Å². The molecule has 1 aromatic heterocycles. The molecule has 0 spiro atoms. The molecule has 21 heavy (non-hydrogen) atoms. The van der Waals surface area contributed by atoms with Crippen LogP contribution in [0, 0.1) is 15.9 Å². The van der Waals surface area contributed by atoms with Gasteiger partial charge in [-0.25, -0.2) is 4.39 Å². The van der Waals surface area contributed by atoms with Crippen LogP contribution in [0.15, 0.2) is 36.5 Å². The molecule has 0 saturated heterocycles. The summed E-state index contributed by atoms with van der Waals surface area (Å²) in [6.07, 6.45) is 1.36. The minimum Gasteiger partial charge on any atom is -0.324 e. The lowest BCUT2D eigenvalue weighted by Gasteiger charge is -2.06. The number of amides is 1. The van der Waals surface area contributed by atoms with Crippen LogP contribution in [0.5, 0.6) is 0 Å². The molecule has 1 aromatic carbocycles. The lowest BCUT2D eigenvalue weighted by molar-refractivity contribution is -0.385. The highest BCUT2D eigenvalue weighted by molar-refractivity contribution is 6.03. The second-order valence-electron chi connectivity index (χ2n) is 3.98. The molecule has 8 nitrogen and oxygen atoms in total. The van der Waals surface area contributed by atoms with Crippen molar-refractivity contribution in [3.05, 3.63) is 58.2 Å². The number of hydrazine groups is 1. The van der Waals surface area contributed by atoms with E-state index in [0.29, 0.717) is 5.69 Å². The van der Waals surface area contributed by atoms with E-state index in [9.17, 15) is 19.3 Å². The fraction of sp³-hybridized carbons (Fsp3) is 0. The maximum absolute atomic E-state index is 13.3. The average molecular weight is 291 g/mol. The van der Waals surface area contributed by atoms with Crippen LogP contribution in [0.2, 0.25) is 0 Å². The lowest BCUT2D eigenvalue weighted by Crippen LogP contribution is -2.15. The number of pyridine rings is 1. The van der Waals surface area contributed by atoms with Gasteiger partial charge in [0.05, 0.1) is 22.4 Å². The van der Waals surface area contributed by atoms with Crippen molar-refractivity contribution in [1.82, 2.24) is 4.98 Å². The number of hydrogen-bond donors (Lipinski definition) is 3. The first kappa shape index (κ1) is 14.3. The molecule has 9 heteroatoms. The highest BCUT2D eigenvalue weighted by Gasteiger charge is 2.13. The summed E-state index contributed by atoms with van der Waals surface area (Å²) in [6, 6.07) is 5.70. The molecule has 0 atom stereocenters. The van der Waals surface area contributed by atoms with Crippen LogP contribution in [0.4, 0.5) is 21.5 Å². The Kier molecular flexibility index (Phi) is 4.05. The van der Waals surface area contributed by atoms with Crippen molar-refractivity contribution < 1.29 is 14.1 Å². The predicted octanol–water partition coefficient (Wildman–Crippen LogP) is 1.67. The minimum atomic E-state index is -0.829. The maximum Gasteiger partial charge on any atom is 0.274 e. The number of aromatic nitrogens is 1. The third-order valence-electron chi connectivity index (χ3n) is 2.51. The van der Waals surface area contributed by atoms with E-state index in [2.05, 4.69) is 15.7 Å². The highest BCUT2D eigenvalue weighted by atomic mass is 19.1. The number of nitro groups is 1. The van der Waals surface area contributed by atoms with E-state index in [0.717, 1.165) is 18.2 Å². The molecule has 0 aliphatic heterocycles. The Balaban J connectivity index is 2.24. The predicted molar refractivity (Wildman–Crippen MR) is 73.1 cm³/mol. The van der Waals surface area contributed by atoms with Gasteiger partial charge in [0, 0.05) is 12.3 Å². The first-order valence-electron chi connectivity index (χ1n) is 5.68. The van der Waals surface area contributed by atoms with Crippen LogP contribution in [-0.4, -0.2) is 15.8 Å². The standard InChI is InChI=1S/C12H10FN5O3/c13-7-3-9(5-10(4-7)18(20)21)16-12(19)11-6-8(17-14)1-2-15-11/h1-6H,14H2,(H,15,17)(H,16,19). The number of nitrogens with one attached hydrogen (secondary N) is 2. The smallest absolute Gasteiger partial charge is 0.274 e. The third-order valence-corrected chi connectivity index (χ3v) is 2.51. The van der Waals surface area contributed by atoms with E-state index in [1.54, 1.807) is 6.07 Å². The van der Waals surface area contributed by atoms with Gasteiger partial charge in [-0.2, -0.15) is 0 Å². The zero-order chi connectivity index (χ0) is 15.4. The number of carbonyl (C=O) groups excluding carboxylic acids is 1. The van der Waals surface area contributed by atoms with Gasteiger partial charge in [-0.05, 0) is 18.2 Å². The van der Waals surface area contributed by atoms with Crippen LogP contribution in [-0.2, 0) is 0 Å². The Morgan fingerprint density at radius 3 is 2.71 bits per heavy atom. The molecule has 0 bridgehead atoms. The molecule has 2 rings (SSSR count). The Bertz CT molecular complexity index is 707. The molecule has 0 aliphatic carbocycles. The third kappa shape index (κ3) is 3.48. The number of nitrogens with two attached hydrogens (primary N) is 1. The van der Waals surface area contributed by atoms with E-state index in [4.69, 9.17) is 5.84 Å². The number of halogens is 1. The van der Waals surface area contributed by atoms with Crippen molar-refractivity contribution in [1.29, 1.82) is 0 Å². The monoisotopic (exact) mass is 291 g/mol. The summed E-state index contributed by atoms with van der Waals surface area (Å²) < 4.78 is 13.3. The molecule has 108 valence electrons. The lowest BCUT2D eigenvalue weighted by atomic mass is 10.2. The van der Waals surface area contributed by atoms with Gasteiger partial charge >= 0.3 is 0 Å². The largest absolute Gasteiger partial charge is 0.324 e. The fourth-order valence-electron chi connectivity index (χ4n) is 1.59. The number of non-ortho nitro benzene ring substituents is 1. The van der Waals surface area contributed by atoms with Crippen molar-refractivity contribution in [3.8, 4) is 0 Å². The number of nitrogens with zero attached hydrogens (tertiary/aromatic N) is 2. The molecule has 2 aromatic rings. The van der Waals surface area contributed by atoms with Gasteiger partial charge in [-0.15, -0.1) is 0 Å². The number of rotatable bonds is 4. The summed E-state index contributed by atoms with van der Waals surface area (Å²) in [6.45, 7) is 0. The molecular formula is C12H10FN5O3. The molecule has 1 amide bonds. The van der Waals surface area contributed by atoms with Crippen LogP contribution in [0.1, 0.15) is 10.5 Å². The van der Waals surface area contributed by atoms with E-state index in [1.165, 1.54) is 12.3 Å². The zero-order valence-corrected chi connectivity index (χ0v) is 10.5. The second kappa shape index (κ2) is 5.92. The Hall–Kier alpha value is -3.07. The van der Waals surface area contributed by atoms with Gasteiger partial charge in [0.1, 0.15) is 11.5 Å². The zero-order valence-electron chi connectivity index (χ0n) is 10.5. The van der Waals surface area contributed by atoms with Crippen molar-refractivity contribution in [2.24, 2.45) is 5.84 Å². The minimum absolute atomic E-state index is 0.0253. The molecule has 0 unspecified atom stereocenters. The Labute approximate surface area is 117 Å². The number of anilines is 2. The highest BCUT2D eigenvalue weighted by Crippen LogP contribution is 2.20. The van der Waals surface area contributed by atoms with Gasteiger partial charge in [0.15, 0.2) is 0 Å². The number of benzene rings is 1. The summed E-state index contributed by atoms with van der Waals surface area (Å²) >= 11 is 0. The number of nitro benzene ring substituents is 1. The Morgan fingerprint density at radius 2 is 2.05 bits per heavy atom. The van der Waals surface area contributed by atoms with E-state index in [-0.39, 0.29) is 11.4 Å². The number of hydrogen-bond acceptors (Lipinski definition) is 6. The summed E-state index contributed by atoms with van der Waals surface area (Å²) in [4.78, 5) is 25.7. The van der Waals surface area contributed by atoms with E-state index < -0.39 is 22.3 Å². The molecule has 0 radical (unpaired) electrons. The van der Waals surface area contributed by atoms with Gasteiger partial charge in [0.2, 0.25) is 0 Å².